The predicted octanol–water partition coefficient (Wildman–Crippen LogP) is 6.55. The summed E-state index contributed by atoms with van der Waals surface area (Å²) in [6.07, 6.45) is -6.40. The standard InChI is InChI=1S/C30H28F7N3O3S/c1-18-11-22(31)4-7-25(18)27-17-39(44(42,43)24-3-2-9-38-15-24)10-8-26(27)28(41)40(23-5-6-23)16-19-12-20(29(32,33)34)14-21(13-19)30(35,36)37/h2-4,7,9,11-15,23,26-27H,5-6,8,10,16-17H2,1H3. The summed E-state index contributed by atoms with van der Waals surface area (Å²) in [5.41, 5.74) is -2.28. The molecular weight excluding hydrogens is 615 g/mol. The van der Waals surface area contributed by atoms with E-state index in [4.69, 9.17) is 0 Å². The molecule has 0 radical (unpaired) electrons. The highest BCUT2D eigenvalue weighted by molar-refractivity contribution is 7.89. The number of pyridine rings is 1. The number of alkyl halides is 6. The minimum absolute atomic E-state index is 0.0272. The number of aryl methyl sites for hydroxylation is 1. The molecule has 44 heavy (non-hydrogen) atoms. The summed E-state index contributed by atoms with van der Waals surface area (Å²) in [6, 6.07) is 7.65. The normalized spacial score (nSPS) is 20.0. The van der Waals surface area contributed by atoms with Crippen LogP contribution in [0.3, 0.4) is 0 Å². The molecule has 2 atom stereocenters. The number of aromatic nitrogens is 1. The minimum Gasteiger partial charge on any atom is -0.335 e. The van der Waals surface area contributed by atoms with Gasteiger partial charge >= 0.3 is 12.4 Å². The van der Waals surface area contributed by atoms with E-state index < -0.39 is 69.6 Å². The molecule has 0 bridgehead atoms. The Labute approximate surface area is 249 Å². The monoisotopic (exact) mass is 643 g/mol. The van der Waals surface area contributed by atoms with Crippen LogP contribution in [0.15, 0.2) is 65.8 Å². The van der Waals surface area contributed by atoms with Crippen molar-refractivity contribution in [1.82, 2.24) is 14.2 Å². The highest BCUT2D eigenvalue weighted by Gasteiger charge is 2.45. The number of rotatable bonds is 7. The van der Waals surface area contributed by atoms with Crippen molar-refractivity contribution < 1.29 is 43.9 Å². The van der Waals surface area contributed by atoms with Crippen LogP contribution < -0.4 is 0 Å². The summed E-state index contributed by atoms with van der Waals surface area (Å²) in [5, 5.41) is 0. The molecule has 2 unspecified atom stereocenters. The summed E-state index contributed by atoms with van der Waals surface area (Å²) >= 11 is 0. The molecule has 1 saturated carbocycles. The molecule has 2 aromatic carbocycles. The van der Waals surface area contributed by atoms with Gasteiger partial charge in [0.15, 0.2) is 0 Å². The van der Waals surface area contributed by atoms with E-state index in [1.165, 1.54) is 51.9 Å². The number of carbonyl (C=O) groups excluding carboxylic acids is 1. The van der Waals surface area contributed by atoms with Crippen LogP contribution >= 0.6 is 0 Å². The minimum atomic E-state index is -5.04. The largest absolute Gasteiger partial charge is 0.416 e. The van der Waals surface area contributed by atoms with Gasteiger partial charge in [0.05, 0.1) is 11.1 Å². The van der Waals surface area contributed by atoms with Crippen molar-refractivity contribution in [2.24, 2.45) is 5.92 Å². The Morgan fingerprint density at radius 1 is 0.977 bits per heavy atom. The van der Waals surface area contributed by atoms with Gasteiger partial charge in [-0.1, -0.05) is 6.07 Å². The van der Waals surface area contributed by atoms with Crippen molar-refractivity contribution in [2.75, 3.05) is 13.1 Å². The van der Waals surface area contributed by atoms with E-state index in [2.05, 4.69) is 4.98 Å². The molecular formula is C30H28F7N3O3S. The number of hydrogen-bond donors (Lipinski definition) is 0. The van der Waals surface area contributed by atoms with Crippen molar-refractivity contribution in [2.45, 2.75) is 61.9 Å². The van der Waals surface area contributed by atoms with Gasteiger partial charge in [0.2, 0.25) is 15.9 Å². The fourth-order valence-electron chi connectivity index (χ4n) is 5.75. The second-order valence-electron chi connectivity index (χ2n) is 11.2. The second-order valence-corrected chi connectivity index (χ2v) is 13.1. The maximum absolute atomic E-state index is 14.2. The van der Waals surface area contributed by atoms with Crippen molar-refractivity contribution in [1.29, 1.82) is 0 Å². The number of hydrogen-bond acceptors (Lipinski definition) is 4. The van der Waals surface area contributed by atoms with Gasteiger partial charge in [0.25, 0.3) is 0 Å². The molecule has 1 saturated heterocycles. The molecule has 2 aliphatic rings. The number of benzene rings is 2. The van der Waals surface area contributed by atoms with E-state index in [0.717, 1.165) is 0 Å². The molecule has 2 fully saturated rings. The van der Waals surface area contributed by atoms with Gasteiger partial charge in [0, 0.05) is 49.9 Å². The lowest BCUT2D eigenvalue weighted by molar-refractivity contribution is -0.143. The molecule has 1 aromatic heterocycles. The van der Waals surface area contributed by atoms with E-state index in [1.54, 1.807) is 6.92 Å². The van der Waals surface area contributed by atoms with E-state index in [1.807, 2.05) is 0 Å². The topological polar surface area (TPSA) is 70.6 Å². The molecule has 1 amide bonds. The van der Waals surface area contributed by atoms with Gasteiger partial charge in [-0.05, 0) is 85.3 Å². The van der Waals surface area contributed by atoms with Crippen molar-refractivity contribution >= 4 is 15.9 Å². The number of carbonyl (C=O) groups is 1. The van der Waals surface area contributed by atoms with Gasteiger partial charge in [-0.15, -0.1) is 0 Å². The van der Waals surface area contributed by atoms with Crippen molar-refractivity contribution in [3.8, 4) is 0 Å². The summed E-state index contributed by atoms with van der Waals surface area (Å²) in [6.45, 7) is 0.916. The Balaban J connectivity index is 1.50. The molecule has 3 aromatic rings. The van der Waals surface area contributed by atoms with Crippen LogP contribution in [0.4, 0.5) is 30.7 Å². The van der Waals surface area contributed by atoms with Crippen molar-refractivity contribution in [3.63, 3.8) is 0 Å². The number of amides is 1. The van der Waals surface area contributed by atoms with Crippen LogP contribution in [-0.4, -0.2) is 47.6 Å². The smallest absolute Gasteiger partial charge is 0.335 e. The van der Waals surface area contributed by atoms with Crippen LogP contribution in [0.2, 0.25) is 0 Å². The van der Waals surface area contributed by atoms with Crippen LogP contribution in [-0.2, 0) is 33.7 Å². The number of sulfonamides is 1. The van der Waals surface area contributed by atoms with E-state index >= 15 is 0 Å². The SMILES string of the molecule is Cc1cc(F)ccc1C1CN(S(=O)(=O)c2cccnc2)CCC1C(=O)N(Cc1cc(C(F)(F)F)cc(C(F)(F)F)c1)C1CC1. The molecule has 236 valence electrons. The van der Waals surface area contributed by atoms with Crippen LogP contribution in [0.25, 0.3) is 0 Å². The van der Waals surface area contributed by atoms with Crippen molar-refractivity contribution in [3.05, 3.63) is 94.6 Å². The molecule has 0 N–H and O–H groups in total. The molecule has 5 rings (SSSR count). The Morgan fingerprint density at radius 3 is 2.18 bits per heavy atom. The average Bonchev–Trinajstić information content (AvgIpc) is 3.80. The maximum atomic E-state index is 14.2. The number of halogens is 7. The van der Waals surface area contributed by atoms with Gasteiger partial charge < -0.3 is 4.90 Å². The fraction of sp³-hybridized carbons (Fsp3) is 0.400. The van der Waals surface area contributed by atoms with Gasteiger partial charge in [-0.2, -0.15) is 30.6 Å². The first-order chi connectivity index (χ1) is 20.6. The third kappa shape index (κ3) is 6.75. The summed E-state index contributed by atoms with van der Waals surface area (Å²) in [7, 11) is -4.02. The Hall–Kier alpha value is -3.52. The quantitative estimate of drug-likeness (QED) is 0.274. The Morgan fingerprint density at radius 2 is 1.64 bits per heavy atom. The van der Waals surface area contributed by atoms with Crippen LogP contribution in [0.5, 0.6) is 0 Å². The zero-order valence-electron chi connectivity index (χ0n) is 23.4. The molecule has 14 heteroatoms. The van der Waals surface area contributed by atoms with Crippen LogP contribution in [0.1, 0.15) is 53.0 Å². The first-order valence-electron chi connectivity index (χ1n) is 13.8. The maximum Gasteiger partial charge on any atom is 0.416 e. The lowest BCUT2D eigenvalue weighted by Gasteiger charge is -2.40. The summed E-state index contributed by atoms with van der Waals surface area (Å²) < 4.78 is 123. The molecule has 6 nitrogen and oxygen atoms in total. The zero-order chi connectivity index (χ0) is 32.0. The Kier molecular flexibility index (Phi) is 8.53. The number of nitrogens with zero attached hydrogens (tertiary/aromatic N) is 3. The van der Waals surface area contributed by atoms with Gasteiger partial charge in [-0.25, -0.2) is 12.8 Å². The lowest BCUT2D eigenvalue weighted by atomic mass is 9.79. The van der Waals surface area contributed by atoms with E-state index in [-0.39, 0.29) is 36.0 Å². The van der Waals surface area contributed by atoms with Crippen LogP contribution in [0, 0.1) is 18.7 Å². The van der Waals surface area contributed by atoms with Gasteiger partial charge in [-0.3, -0.25) is 9.78 Å². The number of piperidine rings is 1. The van der Waals surface area contributed by atoms with E-state index in [0.29, 0.717) is 36.1 Å². The first-order valence-corrected chi connectivity index (χ1v) is 15.2. The molecule has 2 heterocycles. The first kappa shape index (κ1) is 31.9. The lowest BCUT2D eigenvalue weighted by Crippen LogP contribution is -2.48. The Bertz CT molecular complexity index is 1610. The molecule has 0 spiro atoms. The predicted molar refractivity (Wildman–Crippen MR) is 145 cm³/mol. The average molecular weight is 644 g/mol. The van der Waals surface area contributed by atoms with Gasteiger partial charge in [0.1, 0.15) is 10.7 Å². The second kappa shape index (κ2) is 11.8. The molecule has 1 aliphatic heterocycles. The third-order valence-electron chi connectivity index (χ3n) is 8.07. The van der Waals surface area contributed by atoms with E-state index in [9.17, 15) is 43.9 Å². The summed E-state index contributed by atoms with van der Waals surface area (Å²) in [4.78, 5) is 19.3. The zero-order valence-corrected chi connectivity index (χ0v) is 24.2. The fourth-order valence-corrected chi connectivity index (χ4v) is 7.19. The highest BCUT2D eigenvalue weighted by atomic mass is 32.2. The summed E-state index contributed by atoms with van der Waals surface area (Å²) in [5.74, 6) is -2.68. The highest BCUT2D eigenvalue weighted by Crippen LogP contribution is 2.41. The third-order valence-corrected chi connectivity index (χ3v) is 9.92. The molecule has 1 aliphatic carbocycles.